The number of aromatic nitrogens is 1. The highest BCUT2D eigenvalue weighted by molar-refractivity contribution is 7.09. The van der Waals surface area contributed by atoms with Gasteiger partial charge in [-0.3, -0.25) is 4.79 Å². The van der Waals surface area contributed by atoms with E-state index in [1.54, 1.807) is 0 Å². The van der Waals surface area contributed by atoms with E-state index in [1.807, 2.05) is 19.2 Å². The molecule has 0 saturated heterocycles. The van der Waals surface area contributed by atoms with Crippen LogP contribution in [-0.4, -0.2) is 16.0 Å². The van der Waals surface area contributed by atoms with Gasteiger partial charge in [-0.2, -0.15) is 0 Å². The van der Waals surface area contributed by atoms with Crippen LogP contribution in [-0.2, 0) is 4.79 Å². The van der Waals surface area contributed by atoms with Crippen LogP contribution >= 0.6 is 34.5 Å². The number of hydrogen-bond donors (Lipinski definition) is 2. The summed E-state index contributed by atoms with van der Waals surface area (Å²) in [6, 6.07) is 4.27. The number of rotatable bonds is 4. The Kier molecular flexibility index (Phi) is 5.22. The molecule has 0 unspecified atom stereocenters. The second-order valence-corrected chi connectivity index (χ2v) is 6.56. The molecule has 0 bridgehead atoms. The molecule has 1 aromatic carbocycles. The monoisotopic (exact) mass is 344 g/mol. The summed E-state index contributed by atoms with van der Waals surface area (Å²) in [4.78, 5) is 16.4. The van der Waals surface area contributed by atoms with Crippen molar-refractivity contribution >= 4 is 40.4 Å². The van der Waals surface area contributed by atoms with Gasteiger partial charge in [0.25, 0.3) is 5.91 Å². The molecule has 0 aliphatic heterocycles. The highest BCUT2D eigenvalue weighted by atomic mass is 35.5. The van der Waals surface area contributed by atoms with Crippen molar-refractivity contribution in [1.29, 1.82) is 0 Å². The predicted octanol–water partition coefficient (Wildman–Crippen LogP) is 3.67. The van der Waals surface area contributed by atoms with Gasteiger partial charge in [0, 0.05) is 15.4 Å². The lowest BCUT2D eigenvalue weighted by atomic mass is 10.1. The van der Waals surface area contributed by atoms with Crippen molar-refractivity contribution in [2.45, 2.75) is 26.0 Å². The lowest BCUT2D eigenvalue weighted by Gasteiger charge is -2.16. The molecule has 4 nitrogen and oxygen atoms in total. The first kappa shape index (κ1) is 16.2. The Labute approximate surface area is 136 Å². The molecule has 7 heteroatoms. The van der Waals surface area contributed by atoms with Crippen LogP contribution in [0.25, 0.3) is 0 Å². The van der Waals surface area contributed by atoms with Crippen molar-refractivity contribution in [3.63, 3.8) is 0 Å². The van der Waals surface area contributed by atoms with Crippen LogP contribution < -0.4 is 5.32 Å². The van der Waals surface area contributed by atoms with Crippen molar-refractivity contribution in [2.75, 3.05) is 0 Å². The zero-order valence-electron chi connectivity index (χ0n) is 11.4. The number of aliphatic hydroxyl groups is 1. The second-order valence-electron chi connectivity index (χ2n) is 4.63. The highest BCUT2D eigenvalue weighted by Gasteiger charge is 2.21. The van der Waals surface area contributed by atoms with E-state index in [9.17, 15) is 9.90 Å². The van der Waals surface area contributed by atoms with Gasteiger partial charge in [-0.25, -0.2) is 4.98 Å². The Balaban J connectivity index is 2.08. The maximum atomic E-state index is 12.1. The maximum Gasteiger partial charge on any atom is 0.254 e. The average molecular weight is 345 g/mol. The zero-order chi connectivity index (χ0) is 15.6. The lowest BCUT2D eigenvalue weighted by molar-refractivity contribution is -0.130. The minimum absolute atomic E-state index is 0.285. The fourth-order valence-electron chi connectivity index (χ4n) is 1.83. The smallest absolute Gasteiger partial charge is 0.254 e. The number of aliphatic hydroxyl groups excluding tert-OH is 1. The fraction of sp³-hybridized carbons (Fsp3) is 0.286. The van der Waals surface area contributed by atoms with Crippen molar-refractivity contribution in [3.8, 4) is 0 Å². The van der Waals surface area contributed by atoms with Gasteiger partial charge in [0.1, 0.15) is 0 Å². The van der Waals surface area contributed by atoms with Crippen molar-refractivity contribution < 1.29 is 9.90 Å². The molecule has 1 aromatic heterocycles. The summed E-state index contributed by atoms with van der Waals surface area (Å²) < 4.78 is 0. The maximum absolute atomic E-state index is 12.1. The molecule has 0 saturated carbocycles. The Morgan fingerprint density at radius 1 is 1.33 bits per heavy atom. The number of benzene rings is 1. The SMILES string of the molecule is Cc1nc([C@H](C)NC(=O)[C@@H](O)c2cc(Cl)cc(Cl)c2)cs1. The van der Waals surface area contributed by atoms with E-state index in [0.717, 1.165) is 10.7 Å². The van der Waals surface area contributed by atoms with E-state index in [1.165, 1.54) is 29.5 Å². The molecule has 0 spiro atoms. The van der Waals surface area contributed by atoms with Gasteiger partial charge in [0.2, 0.25) is 0 Å². The first-order chi connectivity index (χ1) is 9.86. The Bertz CT molecular complexity index is 640. The van der Waals surface area contributed by atoms with Crippen molar-refractivity contribution in [3.05, 3.63) is 49.9 Å². The number of amides is 1. The Morgan fingerprint density at radius 3 is 2.48 bits per heavy atom. The van der Waals surface area contributed by atoms with E-state index in [4.69, 9.17) is 23.2 Å². The summed E-state index contributed by atoms with van der Waals surface area (Å²) in [6.45, 7) is 3.70. The number of thiazole rings is 1. The third-order valence-corrected chi connectivity index (χ3v) is 4.12. The molecule has 2 atom stereocenters. The van der Waals surface area contributed by atoms with Gasteiger partial charge in [-0.1, -0.05) is 23.2 Å². The van der Waals surface area contributed by atoms with Crippen LogP contribution in [0.15, 0.2) is 23.6 Å². The molecule has 2 N–H and O–H groups in total. The van der Waals surface area contributed by atoms with Gasteiger partial charge in [0.15, 0.2) is 6.10 Å². The summed E-state index contributed by atoms with van der Waals surface area (Å²) >= 11 is 13.2. The summed E-state index contributed by atoms with van der Waals surface area (Å²) in [5.74, 6) is -0.522. The third kappa shape index (κ3) is 4.17. The zero-order valence-corrected chi connectivity index (χ0v) is 13.8. The number of nitrogens with zero attached hydrogens (tertiary/aromatic N) is 1. The largest absolute Gasteiger partial charge is 0.378 e. The molecule has 21 heavy (non-hydrogen) atoms. The number of aryl methyl sites for hydroxylation is 1. The molecule has 2 aromatic rings. The van der Waals surface area contributed by atoms with Crippen LogP contribution in [0.1, 0.15) is 35.3 Å². The number of carbonyl (C=O) groups is 1. The normalized spacial score (nSPS) is 13.8. The molecular formula is C14H14Cl2N2O2S. The van der Waals surface area contributed by atoms with Crippen molar-refractivity contribution in [1.82, 2.24) is 10.3 Å². The van der Waals surface area contributed by atoms with Crippen LogP contribution in [0.4, 0.5) is 0 Å². The first-order valence-electron chi connectivity index (χ1n) is 6.23. The van der Waals surface area contributed by atoms with Crippen molar-refractivity contribution in [2.24, 2.45) is 0 Å². The quantitative estimate of drug-likeness (QED) is 0.889. The average Bonchev–Trinajstić information content (AvgIpc) is 2.83. The van der Waals surface area contributed by atoms with Gasteiger partial charge >= 0.3 is 0 Å². The van der Waals surface area contributed by atoms with E-state index >= 15 is 0 Å². The first-order valence-corrected chi connectivity index (χ1v) is 7.87. The number of nitrogens with one attached hydrogen (secondary N) is 1. The van der Waals surface area contributed by atoms with Crippen LogP contribution in [0.2, 0.25) is 10.0 Å². The Morgan fingerprint density at radius 2 is 1.95 bits per heavy atom. The van der Waals surface area contributed by atoms with Crippen LogP contribution in [0.5, 0.6) is 0 Å². The molecule has 0 fully saturated rings. The molecule has 0 aliphatic rings. The standard InChI is InChI=1S/C14H14Cl2N2O2S/c1-7(12-6-21-8(2)18-12)17-14(20)13(19)9-3-10(15)5-11(16)4-9/h3-7,13,19H,1-2H3,(H,17,20)/t7-,13-/m0/s1. The molecule has 1 heterocycles. The van der Waals surface area contributed by atoms with Gasteiger partial charge < -0.3 is 10.4 Å². The summed E-state index contributed by atoms with van der Waals surface area (Å²) in [6.07, 6.45) is -1.33. The molecule has 0 aliphatic carbocycles. The fourth-order valence-corrected chi connectivity index (χ4v) is 3.08. The van der Waals surface area contributed by atoms with Crippen LogP contribution in [0.3, 0.4) is 0 Å². The molecule has 0 radical (unpaired) electrons. The molecule has 112 valence electrons. The summed E-state index contributed by atoms with van der Waals surface area (Å²) in [7, 11) is 0. The van der Waals surface area contributed by atoms with Gasteiger partial charge in [-0.05, 0) is 37.6 Å². The third-order valence-electron chi connectivity index (χ3n) is 2.89. The van der Waals surface area contributed by atoms with E-state index in [2.05, 4.69) is 10.3 Å². The minimum Gasteiger partial charge on any atom is -0.378 e. The molecule has 2 rings (SSSR count). The summed E-state index contributed by atoms with van der Waals surface area (Å²) in [5, 5.41) is 16.3. The van der Waals surface area contributed by atoms with E-state index in [-0.39, 0.29) is 6.04 Å². The van der Waals surface area contributed by atoms with E-state index in [0.29, 0.717) is 15.6 Å². The number of halogens is 2. The van der Waals surface area contributed by atoms with Gasteiger partial charge in [0.05, 0.1) is 16.7 Å². The topological polar surface area (TPSA) is 62.2 Å². The summed E-state index contributed by atoms with van der Waals surface area (Å²) in [5.41, 5.74) is 1.12. The molecular weight excluding hydrogens is 331 g/mol. The van der Waals surface area contributed by atoms with Gasteiger partial charge in [-0.15, -0.1) is 11.3 Å². The van der Waals surface area contributed by atoms with Crippen LogP contribution in [0, 0.1) is 6.92 Å². The Hall–Kier alpha value is -1.14. The minimum atomic E-state index is -1.33. The molecule has 1 amide bonds. The van der Waals surface area contributed by atoms with E-state index < -0.39 is 12.0 Å². The second kappa shape index (κ2) is 6.75. The lowest BCUT2D eigenvalue weighted by Crippen LogP contribution is -2.31. The number of hydrogen-bond acceptors (Lipinski definition) is 4. The predicted molar refractivity (Wildman–Crippen MR) is 84.8 cm³/mol. The number of carbonyl (C=O) groups excluding carboxylic acids is 1. The highest BCUT2D eigenvalue weighted by Crippen LogP contribution is 2.24.